The summed E-state index contributed by atoms with van der Waals surface area (Å²) in [5, 5.41) is 3.06. The minimum absolute atomic E-state index is 0.0477. The molecule has 1 saturated heterocycles. The largest absolute Gasteiger partial charge is 0.484 e. The second-order valence-electron chi connectivity index (χ2n) is 7.26. The van der Waals surface area contributed by atoms with Crippen LogP contribution in [0.2, 0.25) is 0 Å². The molecule has 2 aromatic carbocycles. The van der Waals surface area contributed by atoms with Crippen LogP contribution in [0.3, 0.4) is 0 Å². The molecule has 1 aliphatic heterocycles. The fourth-order valence-electron chi connectivity index (χ4n) is 3.53. The molecular formula is C23H30N2O2. The molecule has 1 N–H and O–H groups in total. The number of ether oxygens (including phenoxy) is 1. The predicted molar refractivity (Wildman–Crippen MR) is 109 cm³/mol. The van der Waals surface area contributed by atoms with Gasteiger partial charge in [0.25, 0.3) is 5.91 Å². The maximum absolute atomic E-state index is 12.3. The maximum atomic E-state index is 12.3. The zero-order chi connectivity index (χ0) is 19.1. The third-order valence-corrected chi connectivity index (χ3v) is 5.24. The Morgan fingerprint density at radius 3 is 2.37 bits per heavy atom. The van der Waals surface area contributed by atoms with Gasteiger partial charge in [-0.3, -0.25) is 9.69 Å². The zero-order valence-electron chi connectivity index (χ0n) is 16.4. The van der Waals surface area contributed by atoms with Gasteiger partial charge in [0.1, 0.15) is 5.75 Å². The van der Waals surface area contributed by atoms with Crippen LogP contribution in [0.15, 0.2) is 48.5 Å². The number of carbonyl (C=O) groups excluding carboxylic acids is 1. The van der Waals surface area contributed by atoms with E-state index in [0.717, 1.165) is 25.3 Å². The van der Waals surface area contributed by atoms with Gasteiger partial charge in [-0.25, -0.2) is 0 Å². The van der Waals surface area contributed by atoms with E-state index in [9.17, 15) is 4.79 Å². The van der Waals surface area contributed by atoms with Gasteiger partial charge in [0, 0.05) is 6.54 Å². The lowest BCUT2D eigenvalue weighted by Gasteiger charge is -2.28. The Morgan fingerprint density at radius 2 is 1.74 bits per heavy atom. The quantitative estimate of drug-likeness (QED) is 0.771. The molecule has 4 nitrogen and oxygen atoms in total. The van der Waals surface area contributed by atoms with E-state index in [4.69, 9.17) is 4.74 Å². The molecule has 0 bridgehead atoms. The summed E-state index contributed by atoms with van der Waals surface area (Å²) < 4.78 is 5.62. The van der Waals surface area contributed by atoms with Gasteiger partial charge in [-0.2, -0.15) is 0 Å². The molecule has 3 rings (SSSR count). The third kappa shape index (κ3) is 5.57. The fraction of sp³-hybridized carbons (Fsp3) is 0.435. The number of likely N-dealkylation sites (tertiary alicyclic amines) is 1. The van der Waals surface area contributed by atoms with Gasteiger partial charge in [-0.1, -0.05) is 48.9 Å². The van der Waals surface area contributed by atoms with E-state index in [1.165, 1.54) is 29.5 Å². The number of amides is 1. The van der Waals surface area contributed by atoms with Crippen LogP contribution in [0, 0.1) is 6.92 Å². The SMILES string of the molecule is CCc1ccc(OCC(=O)NCC(c2ccc(C)cc2)N2CCCC2)cc1. The molecule has 1 heterocycles. The molecule has 2 aromatic rings. The minimum atomic E-state index is -0.0779. The number of benzene rings is 2. The first-order valence-corrected chi connectivity index (χ1v) is 9.95. The number of hydrogen-bond acceptors (Lipinski definition) is 3. The van der Waals surface area contributed by atoms with Crippen molar-refractivity contribution in [3.63, 3.8) is 0 Å². The lowest BCUT2D eigenvalue weighted by atomic mass is 10.0. The average molecular weight is 367 g/mol. The maximum Gasteiger partial charge on any atom is 0.258 e. The smallest absolute Gasteiger partial charge is 0.258 e. The van der Waals surface area contributed by atoms with E-state index in [0.29, 0.717) is 6.54 Å². The van der Waals surface area contributed by atoms with Gasteiger partial charge in [-0.05, 0) is 62.5 Å². The molecule has 0 aliphatic carbocycles. The number of aryl methyl sites for hydroxylation is 2. The number of nitrogens with zero attached hydrogens (tertiary/aromatic N) is 1. The summed E-state index contributed by atoms with van der Waals surface area (Å²) in [4.78, 5) is 14.8. The summed E-state index contributed by atoms with van der Waals surface area (Å²) in [6.45, 7) is 7.06. The van der Waals surface area contributed by atoms with E-state index in [1.54, 1.807) is 0 Å². The van der Waals surface area contributed by atoms with Gasteiger partial charge in [0.15, 0.2) is 6.61 Å². The molecule has 1 aliphatic rings. The van der Waals surface area contributed by atoms with E-state index in [2.05, 4.69) is 48.3 Å². The van der Waals surface area contributed by atoms with Crippen molar-refractivity contribution < 1.29 is 9.53 Å². The molecule has 144 valence electrons. The first-order chi connectivity index (χ1) is 13.2. The van der Waals surface area contributed by atoms with E-state index >= 15 is 0 Å². The average Bonchev–Trinajstić information content (AvgIpc) is 3.23. The molecule has 27 heavy (non-hydrogen) atoms. The molecule has 1 amide bonds. The molecule has 1 atom stereocenters. The van der Waals surface area contributed by atoms with Crippen molar-refractivity contribution in [3.8, 4) is 5.75 Å². The second kappa shape index (κ2) is 9.56. The summed E-state index contributed by atoms with van der Waals surface area (Å²) in [6, 6.07) is 16.8. The van der Waals surface area contributed by atoms with Crippen LogP contribution in [0.1, 0.15) is 42.5 Å². The molecule has 1 fully saturated rings. The highest BCUT2D eigenvalue weighted by molar-refractivity contribution is 5.77. The summed E-state index contributed by atoms with van der Waals surface area (Å²) in [6.07, 6.45) is 3.46. The normalized spacial score (nSPS) is 15.5. The molecule has 4 heteroatoms. The van der Waals surface area contributed by atoms with E-state index < -0.39 is 0 Å². The molecule has 1 unspecified atom stereocenters. The number of rotatable bonds is 8. The van der Waals surface area contributed by atoms with Gasteiger partial charge >= 0.3 is 0 Å². The first kappa shape index (κ1) is 19.4. The number of nitrogens with one attached hydrogen (secondary N) is 1. The van der Waals surface area contributed by atoms with Crippen LogP contribution < -0.4 is 10.1 Å². The predicted octanol–water partition coefficient (Wildman–Crippen LogP) is 3.89. The Labute approximate surface area is 162 Å². The summed E-state index contributed by atoms with van der Waals surface area (Å²) in [7, 11) is 0. The Hall–Kier alpha value is -2.33. The van der Waals surface area contributed by atoms with Crippen LogP contribution in [-0.4, -0.2) is 37.0 Å². The van der Waals surface area contributed by atoms with Crippen LogP contribution in [0.4, 0.5) is 0 Å². The van der Waals surface area contributed by atoms with Crippen LogP contribution >= 0.6 is 0 Å². The Morgan fingerprint density at radius 1 is 1.07 bits per heavy atom. The van der Waals surface area contributed by atoms with E-state index in [1.807, 2.05) is 24.3 Å². The van der Waals surface area contributed by atoms with Crippen molar-refractivity contribution in [1.82, 2.24) is 10.2 Å². The second-order valence-corrected chi connectivity index (χ2v) is 7.26. The van der Waals surface area contributed by atoms with Gasteiger partial charge < -0.3 is 10.1 Å². The van der Waals surface area contributed by atoms with Gasteiger partial charge in [0.05, 0.1) is 6.04 Å². The lowest BCUT2D eigenvalue weighted by Crippen LogP contribution is -2.38. The summed E-state index contributed by atoms with van der Waals surface area (Å²) in [5.74, 6) is 0.655. The highest BCUT2D eigenvalue weighted by atomic mass is 16.5. The highest BCUT2D eigenvalue weighted by Crippen LogP contribution is 2.25. The highest BCUT2D eigenvalue weighted by Gasteiger charge is 2.23. The number of carbonyl (C=O) groups is 1. The molecule has 0 radical (unpaired) electrons. The van der Waals surface area contributed by atoms with Crippen molar-refractivity contribution >= 4 is 5.91 Å². The zero-order valence-corrected chi connectivity index (χ0v) is 16.4. The van der Waals surface area contributed by atoms with Gasteiger partial charge in [0.2, 0.25) is 0 Å². The summed E-state index contributed by atoms with van der Waals surface area (Å²) in [5.41, 5.74) is 3.78. The fourth-order valence-corrected chi connectivity index (χ4v) is 3.53. The summed E-state index contributed by atoms with van der Waals surface area (Å²) >= 11 is 0. The molecule has 0 saturated carbocycles. The topological polar surface area (TPSA) is 41.6 Å². The Kier molecular flexibility index (Phi) is 6.88. The van der Waals surface area contributed by atoms with Gasteiger partial charge in [-0.15, -0.1) is 0 Å². The number of hydrogen-bond donors (Lipinski definition) is 1. The standard InChI is InChI=1S/C23H30N2O2/c1-3-19-8-12-21(13-9-19)27-17-23(26)24-16-22(25-14-4-5-15-25)20-10-6-18(2)7-11-20/h6-13,22H,3-5,14-17H2,1-2H3,(H,24,26). The van der Waals surface area contributed by atoms with Crippen molar-refractivity contribution in [1.29, 1.82) is 0 Å². The minimum Gasteiger partial charge on any atom is -0.484 e. The van der Waals surface area contributed by atoms with Crippen molar-refractivity contribution in [2.75, 3.05) is 26.2 Å². The van der Waals surface area contributed by atoms with Crippen molar-refractivity contribution in [2.24, 2.45) is 0 Å². The Bertz CT molecular complexity index is 719. The third-order valence-electron chi connectivity index (χ3n) is 5.24. The molecule has 0 aromatic heterocycles. The van der Waals surface area contributed by atoms with Crippen LogP contribution in [-0.2, 0) is 11.2 Å². The van der Waals surface area contributed by atoms with E-state index in [-0.39, 0.29) is 18.6 Å². The van der Waals surface area contributed by atoms with Crippen molar-refractivity contribution in [2.45, 2.75) is 39.2 Å². The van der Waals surface area contributed by atoms with Crippen molar-refractivity contribution in [3.05, 3.63) is 65.2 Å². The Balaban J connectivity index is 1.54. The molecule has 0 spiro atoms. The monoisotopic (exact) mass is 366 g/mol. The lowest BCUT2D eigenvalue weighted by molar-refractivity contribution is -0.123. The van der Waals surface area contributed by atoms with Crippen LogP contribution in [0.5, 0.6) is 5.75 Å². The molecular weight excluding hydrogens is 336 g/mol. The first-order valence-electron chi connectivity index (χ1n) is 9.95. The van der Waals surface area contributed by atoms with Crippen LogP contribution in [0.25, 0.3) is 0 Å².